The molecule has 0 unspecified atom stereocenters. The Kier molecular flexibility index (Phi) is 6.83. The van der Waals surface area contributed by atoms with Gasteiger partial charge >= 0.3 is 5.97 Å². The second-order valence-electron chi connectivity index (χ2n) is 5.42. The lowest BCUT2D eigenvalue weighted by atomic mass is 10.1. The van der Waals surface area contributed by atoms with Crippen molar-refractivity contribution in [2.75, 3.05) is 18.5 Å². The fourth-order valence-corrected chi connectivity index (χ4v) is 2.46. The molecule has 0 heterocycles. The number of esters is 1. The van der Waals surface area contributed by atoms with E-state index in [1.54, 1.807) is 18.2 Å². The average molecular weight is 362 g/mol. The third-order valence-electron chi connectivity index (χ3n) is 3.52. The van der Waals surface area contributed by atoms with E-state index in [1.807, 2.05) is 38.1 Å². The van der Waals surface area contributed by atoms with Crippen molar-refractivity contribution in [1.82, 2.24) is 0 Å². The Morgan fingerprint density at radius 1 is 1.12 bits per heavy atom. The first-order chi connectivity index (χ1) is 12.0. The quantitative estimate of drug-likeness (QED) is 0.762. The maximum absolute atomic E-state index is 11.9. The maximum atomic E-state index is 11.9. The minimum Gasteiger partial charge on any atom is -0.482 e. The Morgan fingerprint density at radius 2 is 1.88 bits per heavy atom. The molecule has 132 valence electrons. The van der Waals surface area contributed by atoms with E-state index in [0.717, 1.165) is 23.2 Å². The van der Waals surface area contributed by atoms with E-state index in [4.69, 9.17) is 21.1 Å². The maximum Gasteiger partial charge on any atom is 0.344 e. The SMILES string of the molecule is CCc1ccccc1NC(=O)COC(=O)COc1ccc(Cl)cc1C. The van der Waals surface area contributed by atoms with Gasteiger partial charge in [0.15, 0.2) is 13.2 Å². The number of hydrogen-bond acceptors (Lipinski definition) is 4. The molecule has 0 saturated heterocycles. The molecule has 2 aromatic carbocycles. The van der Waals surface area contributed by atoms with Crippen molar-refractivity contribution in [1.29, 1.82) is 0 Å². The largest absolute Gasteiger partial charge is 0.482 e. The third-order valence-corrected chi connectivity index (χ3v) is 3.75. The molecular weight excluding hydrogens is 342 g/mol. The number of amides is 1. The highest BCUT2D eigenvalue weighted by atomic mass is 35.5. The smallest absolute Gasteiger partial charge is 0.344 e. The van der Waals surface area contributed by atoms with E-state index in [2.05, 4.69) is 5.32 Å². The number of halogens is 1. The predicted octanol–water partition coefficient (Wildman–Crippen LogP) is 3.77. The molecule has 0 aliphatic rings. The van der Waals surface area contributed by atoms with E-state index in [-0.39, 0.29) is 13.2 Å². The van der Waals surface area contributed by atoms with Gasteiger partial charge in [0.05, 0.1) is 0 Å². The van der Waals surface area contributed by atoms with Gasteiger partial charge in [0.2, 0.25) is 0 Å². The summed E-state index contributed by atoms with van der Waals surface area (Å²) in [5.41, 5.74) is 2.55. The Balaban J connectivity index is 1.78. The number of benzene rings is 2. The highest BCUT2D eigenvalue weighted by Gasteiger charge is 2.11. The zero-order valence-corrected chi connectivity index (χ0v) is 14.9. The number of carbonyl (C=O) groups is 2. The van der Waals surface area contributed by atoms with E-state index in [9.17, 15) is 9.59 Å². The number of nitrogens with one attached hydrogen (secondary N) is 1. The molecule has 0 aromatic heterocycles. The van der Waals surface area contributed by atoms with Gasteiger partial charge in [-0.1, -0.05) is 36.7 Å². The summed E-state index contributed by atoms with van der Waals surface area (Å²) in [6, 6.07) is 12.6. The van der Waals surface area contributed by atoms with Gasteiger partial charge in [-0.2, -0.15) is 0 Å². The van der Waals surface area contributed by atoms with Crippen LogP contribution in [0.1, 0.15) is 18.1 Å². The molecule has 25 heavy (non-hydrogen) atoms. The Bertz CT molecular complexity index is 761. The first-order valence-corrected chi connectivity index (χ1v) is 8.29. The van der Waals surface area contributed by atoms with Crippen LogP contribution in [-0.2, 0) is 20.7 Å². The first kappa shape index (κ1) is 18.8. The summed E-state index contributed by atoms with van der Waals surface area (Å²) in [4.78, 5) is 23.6. The highest BCUT2D eigenvalue weighted by molar-refractivity contribution is 6.30. The van der Waals surface area contributed by atoms with Gasteiger partial charge < -0.3 is 14.8 Å². The predicted molar refractivity (Wildman–Crippen MR) is 97.1 cm³/mol. The van der Waals surface area contributed by atoms with Gasteiger partial charge in [0, 0.05) is 10.7 Å². The number of hydrogen-bond donors (Lipinski definition) is 1. The molecule has 1 amide bonds. The molecular formula is C19H20ClNO4. The zero-order valence-electron chi connectivity index (χ0n) is 14.2. The fraction of sp³-hybridized carbons (Fsp3) is 0.263. The second kappa shape index (κ2) is 9.08. The summed E-state index contributed by atoms with van der Waals surface area (Å²) in [5.74, 6) is -0.465. The Hall–Kier alpha value is -2.53. The van der Waals surface area contributed by atoms with E-state index in [0.29, 0.717) is 10.8 Å². The van der Waals surface area contributed by atoms with Crippen molar-refractivity contribution < 1.29 is 19.1 Å². The van der Waals surface area contributed by atoms with Gasteiger partial charge in [0.1, 0.15) is 5.75 Å². The molecule has 2 aromatic rings. The summed E-state index contributed by atoms with van der Waals surface area (Å²) in [6.45, 7) is 3.19. The van der Waals surface area contributed by atoms with E-state index < -0.39 is 11.9 Å². The number of carbonyl (C=O) groups excluding carboxylic acids is 2. The van der Waals surface area contributed by atoms with Crippen LogP contribution in [-0.4, -0.2) is 25.1 Å². The topological polar surface area (TPSA) is 64.6 Å². The zero-order chi connectivity index (χ0) is 18.2. The van der Waals surface area contributed by atoms with Crippen molar-refractivity contribution >= 4 is 29.2 Å². The second-order valence-corrected chi connectivity index (χ2v) is 5.85. The standard InChI is InChI=1S/C19H20ClNO4/c1-3-14-6-4-5-7-16(14)21-18(22)11-25-19(23)12-24-17-9-8-15(20)10-13(17)2/h4-10H,3,11-12H2,1-2H3,(H,21,22). The minimum absolute atomic E-state index is 0.276. The van der Waals surface area contributed by atoms with E-state index >= 15 is 0 Å². The van der Waals surface area contributed by atoms with Crippen molar-refractivity contribution in [3.8, 4) is 5.75 Å². The molecule has 0 spiro atoms. The van der Waals surface area contributed by atoms with Gasteiger partial charge in [-0.05, 0) is 48.7 Å². The monoisotopic (exact) mass is 361 g/mol. The van der Waals surface area contributed by atoms with Crippen LogP contribution in [0.2, 0.25) is 5.02 Å². The lowest BCUT2D eigenvalue weighted by Gasteiger charge is -2.11. The van der Waals surface area contributed by atoms with Crippen molar-refractivity contribution in [3.05, 3.63) is 58.6 Å². The van der Waals surface area contributed by atoms with Gasteiger partial charge in [-0.25, -0.2) is 4.79 Å². The fourth-order valence-electron chi connectivity index (χ4n) is 2.24. The van der Waals surface area contributed by atoms with Crippen molar-refractivity contribution in [3.63, 3.8) is 0 Å². The molecule has 0 radical (unpaired) electrons. The van der Waals surface area contributed by atoms with Crippen LogP contribution in [0.3, 0.4) is 0 Å². The van der Waals surface area contributed by atoms with Crippen LogP contribution in [0, 0.1) is 6.92 Å². The Labute approximate surface area is 151 Å². The summed E-state index contributed by atoms with van der Waals surface area (Å²) in [5, 5.41) is 3.33. The van der Waals surface area contributed by atoms with Crippen molar-refractivity contribution in [2.24, 2.45) is 0 Å². The molecule has 0 fully saturated rings. The minimum atomic E-state index is -0.617. The number of aryl methyl sites for hydroxylation is 2. The van der Waals surface area contributed by atoms with Crippen LogP contribution in [0.5, 0.6) is 5.75 Å². The normalized spacial score (nSPS) is 10.2. The van der Waals surface area contributed by atoms with Crippen LogP contribution in [0.15, 0.2) is 42.5 Å². The van der Waals surface area contributed by atoms with E-state index in [1.165, 1.54) is 0 Å². The molecule has 2 rings (SSSR count). The summed E-state index contributed by atoms with van der Waals surface area (Å²) >= 11 is 5.86. The Morgan fingerprint density at radius 3 is 2.60 bits per heavy atom. The number of anilines is 1. The lowest BCUT2D eigenvalue weighted by molar-refractivity contribution is -0.149. The molecule has 0 bridgehead atoms. The van der Waals surface area contributed by atoms with Crippen molar-refractivity contribution in [2.45, 2.75) is 20.3 Å². The van der Waals surface area contributed by atoms with Crippen LogP contribution in [0.25, 0.3) is 0 Å². The van der Waals surface area contributed by atoms with Gasteiger partial charge in [-0.3, -0.25) is 4.79 Å². The van der Waals surface area contributed by atoms with Crippen LogP contribution in [0.4, 0.5) is 5.69 Å². The molecule has 0 atom stereocenters. The molecule has 6 heteroatoms. The lowest BCUT2D eigenvalue weighted by Crippen LogP contribution is -2.24. The molecule has 0 saturated carbocycles. The van der Waals surface area contributed by atoms with Gasteiger partial charge in [0.25, 0.3) is 5.91 Å². The number of rotatable bonds is 7. The molecule has 1 N–H and O–H groups in total. The first-order valence-electron chi connectivity index (χ1n) is 7.92. The number of para-hydroxylation sites is 1. The van der Waals surface area contributed by atoms with Gasteiger partial charge in [-0.15, -0.1) is 0 Å². The third kappa shape index (κ3) is 5.80. The molecule has 0 aliphatic carbocycles. The van der Waals surface area contributed by atoms with Crippen LogP contribution < -0.4 is 10.1 Å². The average Bonchev–Trinajstić information content (AvgIpc) is 2.59. The summed E-state index contributed by atoms with van der Waals surface area (Å²) in [7, 11) is 0. The molecule has 0 aliphatic heterocycles. The summed E-state index contributed by atoms with van der Waals surface area (Å²) in [6.07, 6.45) is 0.796. The summed E-state index contributed by atoms with van der Waals surface area (Å²) < 4.78 is 10.3. The number of ether oxygens (including phenoxy) is 2. The highest BCUT2D eigenvalue weighted by Crippen LogP contribution is 2.21. The molecule has 5 nitrogen and oxygen atoms in total. The van der Waals surface area contributed by atoms with Crippen LogP contribution >= 0.6 is 11.6 Å².